The lowest BCUT2D eigenvalue weighted by atomic mass is 9.75. The number of nitrogens with zero attached hydrogens (tertiary/aromatic N) is 5. The van der Waals surface area contributed by atoms with E-state index in [1.54, 1.807) is 19.5 Å². The summed E-state index contributed by atoms with van der Waals surface area (Å²) in [5.41, 5.74) is 0.848. The lowest BCUT2D eigenvalue weighted by Gasteiger charge is -2.38. The summed E-state index contributed by atoms with van der Waals surface area (Å²) in [6, 6.07) is 1.60. The lowest BCUT2D eigenvalue weighted by Crippen LogP contribution is -2.42. The van der Waals surface area contributed by atoms with Gasteiger partial charge in [0.05, 0.1) is 25.5 Å². The molecule has 0 bridgehead atoms. The van der Waals surface area contributed by atoms with Gasteiger partial charge in [0.15, 0.2) is 6.33 Å². The third kappa shape index (κ3) is 3.62. The minimum atomic E-state index is -0.310. The molecule has 9 nitrogen and oxygen atoms in total. The molecule has 3 rings (SSSR count). The van der Waals surface area contributed by atoms with Crippen LogP contribution in [0.15, 0.2) is 24.8 Å². The molecule has 0 aromatic carbocycles. The normalized spacial score (nSPS) is 21.3. The number of aromatic nitrogens is 5. The molecule has 0 unspecified atom stereocenters. The van der Waals surface area contributed by atoms with Crippen LogP contribution in [0.4, 0.5) is 0 Å². The summed E-state index contributed by atoms with van der Waals surface area (Å²) in [6.07, 6.45) is 5.56. The van der Waals surface area contributed by atoms with Gasteiger partial charge in [0.25, 0.3) is 0 Å². The molecule has 2 aromatic heterocycles. The van der Waals surface area contributed by atoms with Crippen molar-refractivity contribution in [3.63, 3.8) is 0 Å². The number of pyridine rings is 1. The Labute approximate surface area is 132 Å². The Balaban J connectivity index is 1.74. The van der Waals surface area contributed by atoms with E-state index < -0.39 is 0 Å². The number of nitrogens with one attached hydrogen (secondary N) is 1. The van der Waals surface area contributed by atoms with Gasteiger partial charge in [-0.05, 0) is 35.6 Å². The number of tetrazole rings is 1. The van der Waals surface area contributed by atoms with E-state index in [2.05, 4.69) is 25.7 Å². The fourth-order valence-electron chi connectivity index (χ4n) is 2.70. The zero-order valence-electron chi connectivity index (χ0n) is 12.7. The molecule has 0 spiro atoms. The minimum absolute atomic E-state index is 0.0107. The van der Waals surface area contributed by atoms with Crippen LogP contribution >= 0.6 is 0 Å². The summed E-state index contributed by atoms with van der Waals surface area (Å²) in [5.74, 6) is 0.559. The van der Waals surface area contributed by atoms with E-state index in [-0.39, 0.29) is 30.5 Å². The van der Waals surface area contributed by atoms with Crippen molar-refractivity contribution >= 4 is 5.91 Å². The number of methoxy groups -OCH3 is 1. The second-order valence-electron chi connectivity index (χ2n) is 5.55. The fraction of sp³-hybridized carbons (Fsp3) is 0.500. The van der Waals surface area contributed by atoms with Gasteiger partial charge in [-0.25, -0.2) is 0 Å². The van der Waals surface area contributed by atoms with E-state index in [1.807, 2.05) is 6.07 Å². The summed E-state index contributed by atoms with van der Waals surface area (Å²) in [5, 5.41) is 23.6. The minimum Gasteiger partial charge on any atom is -0.495 e. The van der Waals surface area contributed by atoms with Crippen LogP contribution in [-0.2, 0) is 11.3 Å². The number of amides is 1. The molecule has 1 aliphatic rings. The molecular formula is C14H18N6O3. The molecule has 0 aliphatic heterocycles. The fourth-order valence-corrected chi connectivity index (χ4v) is 2.70. The van der Waals surface area contributed by atoms with E-state index in [9.17, 15) is 9.90 Å². The summed E-state index contributed by atoms with van der Waals surface area (Å²) >= 11 is 0. The molecule has 122 valence electrons. The Morgan fingerprint density at radius 3 is 3.00 bits per heavy atom. The first-order chi connectivity index (χ1) is 11.2. The van der Waals surface area contributed by atoms with E-state index in [0.717, 1.165) is 5.56 Å². The topological polar surface area (TPSA) is 115 Å². The van der Waals surface area contributed by atoms with E-state index in [0.29, 0.717) is 18.6 Å². The van der Waals surface area contributed by atoms with E-state index in [4.69, 9.17) is 4.74 Å². The van der Waals surface area contributed by atoms with Crippen LogP contribution < -0.4 is 10.1 Å². The Kier molecular flexibility index (Phi) is 4.47. The molecule has 23 heavy (non-hydrogen) atoms. The van der Waals surface area contributed by atoms with Gasteiger partial charge in [-0.3, -0.25) is 9.78 Å². The van der Waals surface area contributed by atoms with Gasteiger partial charge in [-0.15, -0.1) is 10.2 Å². The molecule has 0 radical (unpaired) electrons. The van der Waals surface area contributed by atoms with E-state index >= 15 is 0 Å². The Bertz CT molecular complexity index is 656. The van der Waals surface area contributed by atoms with Crippen LogP contribution in [0, 0.1) is 5.92 Å². The Morgan fingerprint density at radius 2 is 2.35 bits per heavy atom. The van der Waals surface area contributed by atoms with Gasteiger partial charge in [0, 0.05) is 6.20 Å². The second kappa shape index (κ2) is 6.69. The van der Waals surface area contributed by atoms with Crippen molar-refractivity contribution in [3.8, 4) is 5.75 Å². The largest absolute Gasteiger partial charge is 0.495 e. The zero-order chi connectivity index (χ0) is 16.2. The average Bonchev–Trinajstić information content (AvgIpc) is 3.03. The van der Waals surface area contributed by atoms with Gasteiger partial charge in [0.2, 0.25) is 5.91 Å². The van der Waals surface area contributed by atoms with Crippen LogP contribution in [0.2, 0.25) is 0 Å². The number of rotatable bonds is 6. The first-order valence-electron chi connectivity index (χ1n) is 7.33. The highest BCUT2D eigenvalue weighted by Crippen LogP contribution is 2.38. The molecule has 1 atom stereocenters. The average molecular weight is 318 g/mol. The van der Waals surface area contributed by atoms with Gasteiger partial charge in [0.1, 0.15) is 12.3 Å². The smallest absolute Gasteiger partial charge is 0.244 e. The number of aliphatic hydroxyl groups excluding tert-OH is 1. The maximum absolute atomic E-state index is 12.2. The molecule has 9 heteroatoms. The Hall–Kier alpha value is -2.55. The third-order valence-corrected chi connectivity index (χ3v) is 3.94. The maximum Gasteiger partial charge on any atom is 0.244 e. The van der Waals surface area contributed by atoms with Gasteiger partial charge in [-0.2, -0.15) is 4.80 Å². The lowest BCUT2D eigenvalue weighted by molar-refractivity contribution is -0.124. The van der Waals surface area contributed by atoms with Crippen LogP contribution in [-0.4, -0.2) is 49.4 Å². The number of ether oxygens (including phenoxy) is 1. The predicted octanol–water partition coefficient (Wildman–Crippen LogP) is -0.295. The quantitative estimate of drug-likeness (QED) is 0.751. The summed E-state index contributed by atoms with van der Waals surface area (Å²) in [6.45, 7) is -0.0107. The third-order valence-electron chi connectivity index (χ3n) is 3.94. The first-order valence-corrected chi connectivity index (χ1v) is 7.33. The molecule has 1 aliphatic carbocycles. The van der Waals surface area contributed by atoms with Gasteiger partial charge in [-0.1, -0.05) is 0 Å². The van der Waals surface area contributed by atoms with Gasteiger partial charge < -0.3 is 15.2 Å². The van der Waals surface area contributed by atoms with Crippen LogP contribution in [0.3, 0.4) is 0 Å². The van der Waals surface area contributed by atoms with Crippen molar-refractivity contribution in [2.24, 2.45) is 5.92 Å². The van der Waals surface area contributed by atoms with Crippen LogP contribution in [0.5, 0.6) is 5.75 Å². The van der Waals surface area contributed by atoms with Crippen molar-refractivity contribution < 1.29 is 14.6 Å². The van der Waals surface area contributed by atoms with Crippen molar-refractivity contribution in [2.45, 2.75) is 31.5 Å². The zero-order valence-corrected chi connectivity index (χ0v) is 12.7. The van der Waals surface area contributed by atoms with Crippen molar-refractivity contribution in [1.29, 1.82) is 0 Å². The molecular weight excluding hydrogens is 300 g/mol. The number of aliphatic hydroxyl groups is 1. The monoisotopic (exact) mass is 318 g/mol. The molecule has 2 N–H and O–H groups in total. The second-order valence-corrected chi connectivity index (χ2v) is 5.55. The number of carbonyl (C=O) groups is 1. The number of carbonyl (C=O) groups excluding carboxylic acids is 1. The number of hydrogen-bond donors (Lipinski definition) is 2. The van der Waals surface area contributed by atoms with Gasteiger partial charge >= 0.3 is 0 Å². The molecule has 1 fully saturated rings. The van der Waals surface area contributed by atoms with Crippen LogP contribution in [0.25, 0.3) is 0 Å². The van der Waals surface area contributed by atoms with Crippen LogP contribution in [0.1, 0.15) is 24.4 Å². The molecule has 1 amide bonds. The Morgan fingerprint density at radius 1 is 1.52 bits per heavy atom. The predicted molar refractivity (Wildman–Crippen MR) is 78.2 cm³/mol. The van der Waals surface area contributed by atoms with Crippen molar-refractivity contribution in [3.05, 3.63) is 30.4 Å². The maximum atomic E-state index is 12.2. The summed E-state index contributed by atoms with van der Waals surface area (Å²) in [4.78, 5) is 17.6. The standard InChI is InChI=1S/C14H18N6O3/c1-23-12-4-10(5-15-6-12)14(9-2-11(21)3-9)18-13(22)7-20-17-8-16-19-20/h4-6,8-9,11,14,21H,2-3,7H2,1H3,(H,18,22)/t9?,11?,14-/m1/s1. The van der Waals surface area contributed by atoms with E-state index in [1.165, 1.54) is 11.1 Å². The summed E-state index contributed by atoms with van der Waals surface area (Å²) < 4.78 is 5.19. The number of hydrogen-bond acceptors (Lipinski definition) is 7. The highest BCUT2D eigenvalue weighted by molar-refractivity contribution is 5.76. The highest BCUT2D eigenvalue weighted by Gasteiger charge is 2.36. The molecule has 0 saturated heterocycles. The van der Waals surface area contributed by atoms with Crippen molar-refractivity contribution in [1.82, 2.24) is 30.5 Å². The highest BCUT2D eigenvalue weighted by atomic mass is 16.5. The molecule has 2 aromatic rings. The summed E-state index contributed by atoms with van der Waals surface area (Å²) in [7, 11) is 1.57. The SMILES string of the molecule is COc1cncc([C@H](NC(=O)Cn2ncnn2)C2CC(O)C2)c1. The molecule has 1 saturated carbocycles. The first kappa shape index (κ1) is 15.3. The molecule has 2 heterocycles. The van der Waals surface area contributed by atoms with Crippen molar-refractivity contribution in [2.75, 3.05) is 7.11 Å².